The largest absolute Gasteiger partial charge is 0.458 e. The second-order valence-corrected chi connectivity index (χ2v) is 20.3. The van der Waals surface area contributed by atoms with Crippen molar-refractivity contribution in [3.8, 4) is 0 Å². The average molecular weight is 825 g/mol. The maximum absolute atomic E-state index is 13.8. The zero-order valence-electron chi connectivity index (χ0n) is 39.0. The Morgan fingerprint density at radius 2 is 1.05 bits per heavy atom. The Kier molecular flexibility index (Phi) is 19.7. The van der Waals surface area contributed by atoms with Gasteiger partial charge in [-0.15, -0.1) is 0 Å². The summed E-state index contributed by atoms with van der Waals surface area (Å²) in [5.74, 6) is -3.46. The standard InChI is InChI=1S/C52H88O7/c1-8-10-12-14-16-18-20-22-24-26-28-30-32-34-44(53)58-48-41(5)51(57)42(36-39(3)38-50(56)43(51)37-40(4)47(50)55)46-49(6,7)52(46,48)59-45(54)35-33-31-29-27-25-23-21-19-17-15-13-11-9-2/h36-37,41-43,46,48,56-57H,8-35,38H2,1-7H3. The second-order valence-electron chi connectivity index (χ2n) is 20.3. The van der Waals surface area contributed by atoms with Crippen LogP contribution in [0.15, 0.2) is 23.3 Å². The van der Waals surface area contributed by atoms with Gasteiger partial charge in [-0.2, -0.15) is 0 Å². The van der Waals surface area contributed by atoms with Crippen LogP contribution in [0, 0.1) is 29.1 Å². The van der Waals surface area contributed by atoms with Crippen LogP contribution in [0.25, 0.3) is 0 Å². The first-order chi connectivity index (χ1) is 28.2. The summed E-state index contributed by atoms with van der Waals surface area (Å²) >= 11 is 0. The molecule has 0 aromatic heterocycles. The normalized spacial score (nSPS) is 30.5. The van der Waals surface area contributed by atoms with Gasteiger partial charge >= 0.3 is 11.9 Å². The van der Waals surface area contributed by atoms with Gasteiger partial charge in [0.1, 0.15) is 11.7 Å². The number of Topliss-reactive ketones (excluding diaryl/α,β-unsaturated/α-hetero) is 1. The Hall–Kier alpha value is -1.99. The van der Waals surface area contributed by atoms with E-state index in [1.165, 1.54) is 128 Å². The first-order valence-corrected chi connectivity index (χ1v) is 25.0. The third-order valence-electron chi connectivity index (χ3n) is 15.4. The summed E-state index contributed by atoms with van der Waals surface area (Å²) < 4.78 is 13.1. The molecule has 0 aromatic rings. The predicted molar refractivity (Wildman–Crippen MR) is 240 cm³/mol. The Morgan fingerprint density at radius 3 is 1.49 bits per heavy atom. The van der Waals surface area contributed by atoms with Gasteiger partial charge in [0, 0.05) is 48.3 Å². The van der Waals surface area contributed by atoms with Gasteiger partial charge in [0.05, 0.1) is 5.60 Å². The monoisotopic (exact) mass is 825 g/mol. The highest BCUT2D eigenvalue weighted by Gasteiger charge is 2.87. The summed E-state index contributed by atoms with van der Waals surface area (Å²) in [4.78, 5) is 41.1. The van der Waals surface area contributed by atoms with E-state index >= 15 is 0 Å². The van der Waals surface area contributed by atoms with Gasteiger partial charge in [-0.05, 0) is 32.3 Å². The minimum absolute atomic E-state index is 0.123. The van der Waals surface area contributed by atoms with Gasteiger partial charge in [-0.1, -0.05) is 206 Å². The number of rotatable bonds is 30. The van der Waals surface area contributed by atoms with Gasteiger partial charge < -0.3 is 19.7 Å². The SMILES string of the molecule is CCCCCCCCCCCCCCCC(=O)OC1C(C)C2(O)C(C=C(C)CC3(O)C(=O)C(C)=CC32)C2C(C)(C)C12OC(=O)CCCCCCCCCCCCCCC. The molecule has 59 heavy (non-hydrogen) atoms. The molecule has 0 amide bonds. The molecule has 0 radical (unpaired) electrons. The van der Waals surface area contributed by atoms with Crippen molar-refractivity contribution < 1.29 is 34.1 Å². The number of hydrogen-bond acceptors (Lipinski definition) is 7. The highest BCUT2D eigenvalue weighted by atomic mass is 16.6. The Labute approximate surface area is 360 Å². The Bertz CT molecular complexity index is 1400. The number of ketones is 1. The van der Waals surface area contributed by atoms with Crippen LogP contribution in [0.5, 0.6) is 0 Å². The number of aliphatic hydroxyl groups is 2. The zero-order valence-corrected chi connectivity index (χ0v) is 39.0. The molecule has 0 aliphatic heterocycles. The smallest absolute Gasteiger partial charge is 0.306 e. The van der Waals surface area contributed by atoms with E-state index in [1.54, 1.807) is 13.0 Å². The molecule has 0 heterocycles. The van der Waals surface area contributed by atoms with E-state index in [-0.39, 0.29) is 36.5 Å². The summed E-state index contributed by atoms with van der Waals surface area (Å²) in [6.07, 6.45) is 35.3. The van der Waals surface area contributed by atoms with Crippen molar-refractivity contribution in [2.45, 2.75) is 258 Å². The molecule has 8 unspecified atom stereocenters. The molecule has 4 aliphatic rings. The van der Waals surface area contributed by atoms with Gasteiger partial charge in [0.15, 0.2) is 11.4 Å². The highest BCUT2D eigenvalue weighted by Crippen LogP contribution is 2.77. The third kappa shape index (κ3) is 11.9. The van der Waals surface area contributed by atoms with Gasteiger partial charge in [0.25, 0.3) is 0 Å². The fourth-order valence-corrected chi connectivity index (χ4v) is 11.9. The van der Waals surface area contributed by atoms with Crippen LogP contribution in [-0.4, -0.2) is 50.8 Å². The molecule has 0 aromatic carbocycles. The zero-order chi connectivity index (χ0) is 43.1. The van der Waals surface area contributed by atoms with Gasteiger partial charge in [-0.25, -0.2) is 0 Å². The van der Waals surface area contributed by atoms with Crippen molar-refractivity contribution in [3.63, 3.8) is 0 Å². The fraction of sp³-hybridized carbons (Fsp3) is 0.865. The van der Waals surface area contributed by atoms with Crippen molar-refractivity contribution in [1.29, 1.82) is 0 Å². The lowest BCUT2D eigenvalue weighted by molar-refractivity contribution is -0.229. The number of carbonyl (C=O) groups is 3. The molecular formula is C52H88O7. The van der Waals surface area contributed by atoms with E-state index in [4.69, 9.17) is 9.47 Å². The maximum Gasteiger partial charge on any atom is 0.306 e. The van der Waals surface area contributed by atoms with E-state index in [9.17, 15) is 24.6 Å². The molecule has 0 saturated heterocycles. The van der Waals surface area contributed by atoms with Crippen molar-refractivity contribution in [1.82, 2.24) is 0 Å². The molecule has 8 atom stereocenters. The predicted octanol–water partition coefficient (Wildman–Crippen LogP) is 13.0. The van der Waals surface area contributed by atoms with Crippen LogP contribution in [0.4, 0.5) is 0 Å². The lowest BCUT2D eigenvalue weighted by atomic mass is 9.59. The minimum atomic E-state index is -1.78. The van der Waals surface area contributed by atoms with Crippen LogP contribution in [0.1, 0.15) is 235 Å². The molecule has 0 bridgehead atoms. The number of fused-ring (bicyclic) bond motifs is 5. The summed E-state index contributed by atoms with van der Waals surface area (Å²) in [5.41, 5.74) is -3.86. The van der Waals surface area contributed by atoms with Crippen LogP contribution >= 0.6 is 0 Å². The Morgan fingerprint density at radius 1 is 0.644 bits per heavy atom. The number of esters is 2. The average Bonchev–Trinajstić information content (AvgIpc) is 3.62. The topological polar surface area (TPSA) is 110 Å². The number of ether oxygens (including phenoxy) is 2. The molecule has 7 heteroatoms. The molecule has 4 rings (SSSR count). The molecule has 7 nitrogen and oxygen atoms in total. The first kappa shape index (κ1) is 49.7. The number of hydrogen-bond donors (Lipinski definition) is 2. The van der Waals surface area contributed by atoms with Crippen LogP contribution in [0.2, 0.25) is 0 Å². The minimum Gasteiger partial charge on any atom is -0.458 e. The van der Waals surface area contributed by atoms with Crippen molar-refractivity contribution in [3.05, 3.63) is 23.3 Å². The Balaban J connectivity index is 1.36. The van der Waals surface area contributed by atoms with Crippen LogP contribution < -0.4 is 0 Å². The van der Waals surface area contributed by atoms with Gasteiger partial charge in [0.2, 0.25) is 0 Å². The molecule has 4 aliphatic carbocycles. The van der Waals surface area contributed by atoms with Crippen LogP contribution in [-0.2, 0) is 23.9 Å². The van der Waals surface area contributed by atoms with E-state index in [0.717, 1.165) is 44.1 Å². The molecule has 2 N–H and O–H groups in total. The van der Waals surface area contributed by atoms with Crippen LogP contribution in [0.3, 0.4) is 0 Å². The van der Waals surface area contributed by atoms with Crippen molar-refractivity contribution in [2.24, 2.45) is 29.1 Å². The molecule has 338 valence electrons. The summed E-state index contributed by atoms with van der Waals surface area (Å²) in [7, 11) is 0. The summed E-state index contributed by atoms with van der Waals surface area (Å²) in [6, 6.07) is 0. The number of unbranched alkanes of at least 4 members (excludes halogenated alkanes) is 24. The lowest BCUT2D eigenvalue weighted by Gasteiger charge is -2.53. The lowest BCUT2D eigenvalue weighted by Crippen LogP contribution is -2.66. The molecule has 0 spiro atoms. The maximum atomic E-state index is 13.8. The quantitative estimate of drug-likeness (QED) is 0.0421. The van der Waals surface area contributed by atoms with E-state index < -0.39 is 46.1 Å². The van der Waals surface area contributed by atoms with E-state index in [0.29, 0.717) is 12.0 Å². The van der Waals surface area contributed by atoms with Gasteiger partial charge in [-0.3, -0.25) is 14.4 Å². The third-order valence-corrected chi connectivity index (χ3v) is 15.4. The summed E-state index contributed by atoms with van der Waals surface area (Å²) in [6.45, 7) is 14.1. The van der Waals surface area contributed by atoms with Crippen molar-refractivity contribution >= 4 is 17.7 Å². The number of carbonyl (C=O) groups excluding carboxylic acids is 3. The second kappa shape index (κ2) is 23.5. The summed E-state index contributed by atoms with van der Waals surface area (Å²) in [5, 5.41) is 25.2. The highest BCUT2D eigenvalue weighted by molar-refractivity contribution is 6.04. The molecule has 2 fully saturated rings. The van der Waals surface area contributed by atoms with E-state index in [1.807, 2.05) is 19.9 Å². The van der Waals surface area contributed by atoms with Crippen molar-refractivity contribution in [2.75, 3.05) is 0 Å². The van der Waals surface area contributed by atoms with E-state index in [2.05, 4.69) is 27.7 Å². The molecule has 2 saturated carbocycles. The molecular weight excluding hydrogens is 737 g/mol. The fourth-order valence-electron chi connectivity index (χ4n) is 11.9. The first-order valence-electron chi connectivity index (χ1n) is 25.0.